The fourth-order valence-electron chi connectivity index (χ4n) is 3.56. The van der Waals surface area contributed by atoms with Gasteiger partial charge in [-0.15, -0.1) is 24.0 Å². The van der Waals surface area contributed by atoms with Crippen molar-refractivity contribution in [1.82, 2.24) is 14.9 Å². The fourth-order valence-corrected chi connectivity index (χ4v) is 5.30. The quantitative estimate of drug-likeness (QED) is 0.309. The van der Waals surface area contributed by atoms with E-state index in [1.54, 1.807) is 35.6 Å². The third-order valence-corrected chi connectivity index (χ3v) is 7.22. The molecule has 31 heavy (non-hydrogen) atoms. The molecular weight excluding hydrogens is 530 g/mol. The summed E-state index contributed by atoms with van der Waals surface area (Å²) in [6, 6.07) is 13.7. The number of nitrogens with one attached hydrogen (secondary N) is 2. The molecule has 6 nitrogen and oxygen atoms in total. The molecule has 0 aliphatic carbocycles. The molecule has 0 radical (unpaired) electrons. The first-order chi connectivity index (χ1) is 14.5. The molecule has 0 unspecified atom stereocenters. The summed E-state index contributed by atoms with van der Waals surface area (Å²) in [5.74, 6) is 0.315. The SMILES string of the molecule is CN=C(NCCc1ccccc1F)NCc1ccccc1S(=O)(=O)N1CCCCC1.I. The molecule has 0 amide bonds. The van der Waals surface area contributed by atoms with E-state index in [2.05, 4.69) is 15.6 Å². The Morgan fingerprint density at radius 1 is 1.00 bits per heavy atom. The average molecular weight is 560 g/mol. The number of piperidine rings is 1. The maximum atomic E-state index is 13.7. The number of hydrogen-bond donors (Lipinski definition) is 2. The summed E-state index contributed by atoms with van der Waals surface area (Å²) in [7, 11) is -1.87. The van der Waals surface area contributed by atoms with Gasteiger partial charge in [-0.2, -0.15) is 4.31 Å². The second kappa shape index (κ2) is 12.4. The summed E-state index contributed by atoms with van der Waals surface area (Å²) in [5, 5.41) is 6.31. The van der Waals surface area contributed by atoms with Crippen molar-refractivity contribution >= 4 is 40.0 Å². The molecule has 0 bridgehead atoms. The van der Waals surface area contributed by atoms with E-state index in [1.165, 1.54) is 6.07 Å². The lowest BCUT2D eigenvalue weighted by atomic mass is 10.1. The Bertz CT molecular complexity index is 979. The van der Waals surface area contributed by atoms with E-state index >= 15 is 0 Å². The highest BCUT2D eigenvalue weighted by molar-refractivity contribution is 14.0. The highest BCUT2D eigenvalue weighted by Gasteiger charge is 2.27. The average Bonchev–Trinajstić information content (AvgIpc) is 2.78. The molecule has 2 N–H and O–H groups in total. The largest absolute Gasteiger partial charge is 0.356 e. The molecule has 1 saturated heterocycles. The van der Waals surface area contributed by atoms with Crippen molar-refractivity contribution < 1.29 is 12.8 Å². The van der Waals surface area contributed by atoms with Gasteiger partial charge in [-0.05, 0) is 42.5 Å². The lowest BCUT2D eigenvalue weighted by Crippen LogP contribution is -2.39. The predicted octanol–water partition coefficient (Wildman–Crippen LogP) is 3.53. The van der Waals surface area contributed by atoms with Crippen LogP contribution in [0.5, 0.6) is 0 Å². The fraction of sp³-hybridized carbons (Fsp3) is 0.409. The standard InChI is InChI=1S/C22H29FN4O2S.HI/c1-24-22(25-14-13-18-9-3-5-11-20(18)23)26-17-19-10-4-6-12-21(19)30(28,29)27-15-7-2-8-16-27;/h3-6,9-12H,2,7-8,13-17H2,1H3,(H2,24,25,26);1H. The summed E-state index contributed by atoms with van der Waals surface area (Å²) < 4.78 is 41.5. The van der Waals surface area contributed by atoms with Gasteiger partial charge in [0.2, 0.25) is 10.0 Å². The molecule has 1 aliphatic heterocycles. The van der Waals surface area contributed by atoms with Crippen LogP contribution in [0.25, 0.3) is 0 Å². The Morgan fingerprint density at radius 3 is 2.32 bits per heavy atom. The molecule has 1 fully saturated rings. The Kier molecular flexibility index (Phi) is 10.2. The number of sulfonamides is 1. The molecular formula is C22H30FIN4O2S. The highest BCUT2D eigenvalue weighted by Crippen LogP contribution is 2.23. The van der Waals surface area contributed by atoms with E-state index in [4.69, 9.17) is 0 Å². The molecule has 0 saturated carbocycles. The summed E-state index contributed by atoms with van der Waals surface area (Å²) in [6.07, 6.45) is 3.40. The van der Waals surface area contributed by atoms with E-state index < -0.39 is 10.0 Å². The smallest absolute Gasteiger partial charge is 0.243 e. The molecule has 1 aliphatic rings. The highest BCUT2D eigenvalue weighted by atomic mass is 127. The third-order valence-electron chi connectivity index (χ3n) is 5.22. The predicted molar refractivity (Wildman–Crippen MR) is 133 cm³/mol. The van der Waals surface area contributed by atoms with Gasteiger partial charge in [-0.25, -0.2) is 12.8 Å². The van der Waals surface area contributed by atoms with Crippen molar-refractivity contribution in [2.75, 3.05) is 26.7 Å². The van der Waals surface area contributed by atoms with Crippen LogP contribution >= 0.6 is 24.0 Å². The zero-order chi connectivity index (χ0) is 21.4. The summed E-state index contributed by atoms with van der Waals surface area (Å²) in [5.41, 5.74) is 1.33. The van der Waals surface area contributed by atoms with Gasteiger partial charge < -0.3 is 10.6 Å². The summed E-state index contributed by atoms with van der Waals surface area (Å²) >= 11 is 0. The molecule has 0 spiro atoms. The van der Waals surface area contributed by atoms with Crippen LogP contribution in [-0.4, -0.2) is 45.4 Å². The molecule has 1 heterocycles. The maximum Gasteiger partial charge on any atom is 0.243 e. The third kappa shape index (κ3) is 6.88. The van der Waals surface area contributed by atoms with Crippen LogP contribution in [0, 0.1) is 5.82 Å². The number of nitrogens with zero attached hydrogens (tertiary/aromatic N) is 2. The molecule has 2 aromatic rings. The molecule has 0 atom stereocenters. The van der Waals surface area contributed by atoms with Crippen LogP contribution in [0.2, 0.25) is 0 Å². The zero-order valence-corrected chi connectivity index (χ0v) is 20.8. The Hall–Kier alpha value is -1.72. The lowest BCUT2D eigenvalue weighted by Gasteiger charge is -2.27. The van der Waals surface area contributed by atoms with E-state index in [9.17, 15) is 12.8 Å². The molecule has 3 rings (SSSR count). The Morgan fingerprint density at radius 2 is 1.65 bits per heavy atom. The van der Waals surface area contributed by atoms with Crippen molar-refractivity contribution in [2.45, 2.75) is 37.1 Å². The maximum absolute atomic E-state index is 13.7. The molecule has 170 valence electrons. The van der Waals surface area contributed by atoms with Crippen LogP contribution in [0.15, 0.2) is 58.4 Å². The minimum Gasteiger partial charge on any atom is -0.356 e. The van der Waals surface area contributed by atoms with E-state index in [0.29, 0.717) is 54.6 Å². The first-order valence-electron chi connectivity index (χ1n) is 10.3. The van der Waals surface area contributed by atoms with Gasteiger partial charge in [-0.3, -0.25) is 4.99 Å². The van der Waals surface area contributed by atoms with Crippen molar-refractivity contribution in [3.8, 4) is 0 Å². The Labute approximate surface area is 201 Å². The van der Waals surface area contributed by atoms with E-state index in [0.717, 1.165) is 19.3 Å². The van der Waals surface area contributed by atoms with Gasteiger partial charge in [0, 0.05) is 33.2 Å². The second-order valence-electron chi connectivity index (χ2n) is 7.27. The summed E-state index contributed by atoms with van der Waals surface area (Å²) in [4.78, 5) is 4.51. The van der Waals surface area contributed by atoms with Crippen molar-refractivity contribution in [3.05, 3.63) is 65.5 Å². The van der Waals surface area contributed by atoms with Crippen LogP contribution in [0.4, 0.5) is 4.39 Å². The molecule has 9 heteroatoms. The van der Waals surface area contributed by atoms with Crippen molar-refractivity contribution in [3.63, 3.8) is 0 Å². The van der Waals surface area contributed by atoms with Gasteiger partial charge in [0.25, 0.3) is 0 Å². The molecule has 0 aromatic heterocycles. The first kappa shape index (κ1) is 25.5. The number of benzene rings is 2. The second-order valence-corrected chi connectivity index (χ2v) is 9.17. The number of aliphatic imine (C=N–C) groups is 1. The first-order valence-corrected chi connectivity index (χ1v) is 11.7. The van der Waals surface area contributed by atoms with E-state index in [1.807, 2.05) is 18.2 Å². The minimum absolute atomic E-state index is 0. The van der Waals surface area contributed by atoms with E-state index in [-0.39, 0.29) is 29.8 Å². The van der Waals surface area contributed by atoms with Crippen molar-refractivity contribution in [1.29, 1.82) is 0 Å². The number of hydrogen-bond acceptors (Lipinski definition) is 3. The van der Waals surface area contributed by atoms with Crippen LogP contribution in [0.1, 0.15) is 30.4 Å². The van der Waals surface area contributed by atoms with Crippen LogP contribution < -0.4 is 10.6 Å². The van der Waals surface area contributed by atoms with Crippen LogP contribution in [0.3, 0.4) is 0 Å². The monoisotopic (exact) mass is 560 g/mol. The normalized spacial score (nSPS) is 15.2. The van der Waals surface area contributed by atoms with Gasteiger partial charge >= 0.3 is 0 Å². The van der Waals surface area contributed by atoms with Crippen molar-refractivity contribution in [2.24, 2.45) is 4.99 Å². The topological polar surface area (TPSA) is 73.8 Å². The lowest BCUT2D eigenvalue weighted by molar-refractivity contribution is 0.346. The minimum atomic E-state index is -3.51. The van der Waals surface area contributed by atoms with Gasteiger partial charge in [0.15, 0.2) is 5.96 Å². The number of halogens is 2. The molecule has 2 aromatic carbocycles. The number of guanidine groups is 1. The summed E-state index contributed by atoms with van der Waals surface area (Å²) in [6.45, 7) is 1.98. The van der Waals surface area contributed by atoms with Crippen LogP contribution in [-0.2, 0) is 23.0 Å². The van der Waals surface area contributed by atoms with Gasteiger partial charge in [-0.1, -0.05) is 42.8 Å². The van der Waals surface area contributed by atoms with Gasteiger partial charge in [0.1, 0.15) is 5.82 Å². The zero-order valence-electron chi connectivity index (χ0n) is 17.7. The Balaban J connectivity index is 0.00000341. The van der Waals surface area contributed by atoms with Gasteiger partial charge in [0.05, 0.1) is 4.90 Å². The number of rotatable bonds is 7.